The maximum atomic E-state index is 12.4. The van der Waals surface area contributed by atoms with Crippen LogP contribution in [0.25, 0.3) is 0 Å². The first kappa shape index (κ1) is 18.7. The average Bonchev–Trinajstić information content (AvgIpc) is 2.53. The summed E-state index contributed by atoms with van der Waals surface area (Å²) in [4.78, 5) is 22.8. The first-order chi connectivity index (χ1) is 11.0. The van der Waals surface area contributed by atoms with Gasteiger partial charge in [-0.1, -0.05) is 50.8 Å². The van der Waals surface area contributed by atoms with E-state index in [1.54, 1.807) is 0 Å². The van der Waals surface area contributed by atoms with E-state index < -0.39 is 4.92 Å². The lowest BCUT2D eigenvalue weighted by molar-refractivity contribution is -0.384. The molecule has 0 heterocycles. The predicted octanol–water partition coefficient (Wildman–Crippen LogP) is 4.67. The summed E-state index contributed by atoms with van der Waals surface area (Å²) >= 11 is 6.02. The van der Waals surface area contributed by atoms with Crippen molar-refractivity contribution in [2.45, 2.75) is 44.9 Å². The van der Waals surface area contributed by atoms with E-state index in [4.69, 9.17) is 11.6 Å². The molecule has 1 N–H and O–H groups in total. The van der Waals surface area contributed by atoms with Crippen molar-refractivity contribution in [1.82, 2.24) is 5.32 Å². The summed E-state index contributed by atoms with van der Waals surface area (Å²) < 4.78 is 0. The van der Waals surface area contributed by atoms with Crippen LogP contribution < -0.4 is 5.32 Å². The molecule has 2 aliphatic carbocycles. The fourth-order valence-corrected chi connectivity index (χ4v) is 4.55. The molecule has 0 saturated heterocycles. The van der Waals surface area contributed by atoms with Crippen molar-refractivity contribution >= 4 is 23.2 Å². The maximum absolute atomic E-state index is 12.4. The SMILES string of the molecule is O=C(NCC12CCCC(CCC1)C2)c1cccc([N+](=O)[O-])c1Cl.[CH2]. The number of nitrogens with one attached hydrogen (secondary N) is 1. The van der Waals surface area contributed by atoms with Crippen molar-refractivity contribution < 1.29 is 9.72 Å². The van der Waals surface area contributed by atoms with Gasteiger partial charge in [0.05, 0.1) is 10.5 Å². The second-order valence-corrected chi connectivity index (χ2v) is 7.31. The second kappa shape index (κ2) is 7.51. The van der Waals surface area contributed by atoms with Crippen LogP contribution in [0.5, 0.6) is 0 Å². The molecule has 3 rings (SSSR count). The van der Waals surface area contributed by atoms with Crippen LogP contribution >= 0.6 is 11.6 Å². The number of amides is 1. The van der Waals surface area contributed by atoms with Gasteiger partial charge in [-0.05, 0) is 36.7 Å². The quantitative estimate of drug-likeness (QED) is 0.633. The van der Waals surface area contributed by atoms with Crippen LogP contribution in [0.3, 0.4) is 0 Å². The van der Waals surface area contributed by atoms with Gasteiger partial charge in [-0.25, -0.2) is 0 Å². The Morgan fingerprint density at radius 3 is 2.62 bits per heavy atom. The lowest BCUT2D eigenvalue weighted by Crippen LogP contribution is -2.43. The molecule has 0 aliphatic heterocycles. The molecule has 1 aromatic rings. The van der Waals surface area contributed by atoms with Crippen molar-refractivity contribution in [1.29, 1.82) is 0 Å². The van der Waals surface area contributed by atoms with Crippen molar-refractivity contribution in [2.24, 2.45) is 11.3 Å². The largest absolute Gasteiger partial charge is 0.351 e. The Hall–Kier alpha value is -1.62. The Kier molecular flexibility index (Phi) is 5.86. The molecule has 0 unspecified atom stereocenters. The summed E-state index contributed by atoms with van der Waals surface area (Å²) in [7, 11) is 0. The molecule has 0 atom stereocenters. The normalized spacial score (nSPS) is 25.5. The first-order valence-corrected chi connectivity index (χ1v) is 8.60. The average molecular weight is 351 g/mol. The fourth-order valence-electron chi connectivity index (χ4n) is 4.27. The topological polar surface area (TPSA) is 72.2 Å². The van der Waals surface area contributed by atoms with Crippen molar-refractivity contribution in [3.63, 3.8) is 0 Å². The van der Waals surface area contributed by atoms with Gasteiger partial charge < -0.3 is 5.32 Å². The van der Waals surface area contributed by atoms with Gasteiger partial charge in [-0.3, -0.25) is 14.9 Å². The smallest absolute Gasteiger partial charge is 0.288 e. The Morgan fingerprint density at radius 2 is 2.00 bits per heavy atom. The summed E-state index contributed by atoms with van der Waals surface area (Å²) in [5.74, 6) is 0.483. The van der Waals surface area contributed by atoms with E-state index in [1.165, 1.54) is 50.3 Å². The predicted molar refractivity (Wildman–Crippen MR) is 94.0 cm³/mol. The van der Waals surface area contributed by atoms with Gasteiger partial charge >= 0.3 is 0 Å². The molecule has 0 aromatic heterocycles. The highest BCUT2D eigenvalue weighted by Gasteiger charge is 2.39. The number of fused-ring (bicyclic) bond motifs is 2. The third kappa shape index (κ3) is 3.72. The minimum Gasteiger partial charge on any atom is -0.351 e. The molecule has 0 spiro atoms. The molecule has 2 aliphatic rings. The van der Waals surface area contributed by atoms with Crippen LogP contribution in [0.15, 0.2) is 18.2 Å². The third-order valence-electron chi connectivity index (χ3n) is 5.40. The number of rotatable bonds is 4. The number of hydrogen-bond donors (Lipinski definition) is 1. The van der Waals surface area contributed by atoms with Crippen LogP contribution in [0.4, 0.5) is 5.69 Å². The number of hydrogen-bond acceptors (Lipinski definition) is 3. The van der Waals surface area contributed by atoms with Gasteiger partial charge in [-0.2, -0.15) is 0 Å². The first-order valence-electron chi connectivity index (χ1n) is 8.22. The molecular weight excluding hydrogens is 328 g/mol. The summed E-state index contributed by atoms with van der Waals surface area (Å²) in [6.45, 7) is 0.640. The fraction of sp³-hybridized carbons (Fsp3) is 0.556. The van der Waals surface area contributed by atoms with E-state index >= 15 is 0 Å². The van der Waals surface area contributed by atoms with Crippen LogP contribution in [0, 0.1) is 28.9 Å². The highest BCUT2D eigenvalue weighted by atomic mass is 35.5. The lowest BCUT2D eigenvalue weighted by Gasteiger charge is -2.45. The Morgan fingerprint density at radius 1 is 1.33 bits per heavy atom. The van der Waals surface area contributed by atoms with E-state index in [9.17, 15) is 14.9 Å². The zero-order valence-corrected chi connectivity index (χ0v) is 14.5. The van der Waals surface area contributed by atoms with Gasteiger partial charge in [0.1, 0.15) is 5.02 Å². The summed E-state index contributed by atoms with van der Waals surface area (Å²) in [6, 6.07) is 4.34. The van der Waals surface area contributed by atoms with E-state index in [0.29, 0.717) is 6.54 Å². The molecule has 1 aromatic carbocycles. The number of nitro groups is 1. The monoisotopic (exact) mass is 350 g/mol. The second-order valence-electron chi connectivity index (χ2n) is 6.93. The summed E-state index contributed by atoms with van der Waals surface area (Å²) in [5.41, 5.74) is 0.164. The molecule has 2 fully saturated rings. The molecule has 5 nitrogen and oxygen atoms in total. The molecule has 2 radical (unpaired) electrons. The highest BCUT2D eigenvalue weighted by molar-refractivity contribution is 6.35. The molecule has 1 amide bonds. The molecule has 2 saturated carbocycles. The van der Waals surface area contributed by atoms with Gasteiger partial charge in [-0.15, -0.1) is 0 Å². The van der Waals surface area contributed by atoms with Gasteiger partial charge in [0.15, 0.2) is 0 Å². The Bertz CT molecular complexity index is 623. The van der Waals surface area contributed by atoms with Gasteiger partial charge in [0, 0.05) is 12.6 Å². The van der Waals surface area contributed by atoms with Crippen LogP contribution in [0.2, 0.25) is 5.02 Å². The van der Waals surface area contributed by atoms with Gasteiger partial charge in [0.25, 0.3) is 11.6 Å². The minimum atomic E-state index is -0.565. The standard InChI is InChI=1S/C17H21ClN2O3.CH2/c18-15-13(6-1-7-14(15)20(22)23)16(21)19-11-17-8-2-4-12(10-17)5-3-9-17;/h1,6-7,12H,2-5,8-11H2,(H,19,21);1H2. The summed E-state index contributed by atoms with van der Waals surface area (Å²) in [6.07, 6.45) is 8.60. The van der Waals surface area contributed by atoms with Crippen LogP contribution in [0.1, 0.15) is 55.3 Å². The summed E-state index contributed by atoms with van der Waals surface area (Å²) in [5, 5.41) is 13.8. The van der Waals surface area contributed by atoms with E-state index in [1.807, 2.05) is 0 Å². The number of benzene rings is 1. The van der Waals surface area contributed by atoms with E-state index in [-0.39, 0.29) is 35.0 Å². The maximum Gasteiger partial charge on any atom is 0.288 e. The van der Waals surface area contributed by atoms with Crippen LogP contribution in [-0.4, -0.2) is 17.4 Å². The third-order valence-corrected chi connectivity index (χ3v) is 5.80. The van der Waals surface area contributed by atoms with Gasteiger partial charge in [0.2, 0.25) is 0 Å². The zero-order chi connectivity index (χ0) is 16.4. The number of halogens is 1. The number of nitro benzene ring substituents is 1. The number of carbonyl (C=O) groups is 1. The molecule has 2 bridgehead atoms. The molecule has 24 heavy (non-hydrogen) atoms. The lowest BCUT2D eigenvalue weighted by atomic mass is 9.62. The highest BCUT2D eigenvalue weighted by Crippen LogP contribution is 2.48. The van der Waals surface area contributed by atoms with E-state index in [2.05, 4.69) is 5.32 Å². The van der Waals surface area contributed by atoms with Crippen molar-refractivity contribution in [3.8, 4) is 0 Å². The number of nitrogens with zero attached hydrogens (tertiary/aromatic N) is 1. The zero-order valence-electron chi connectivity index (χ0n) is 13.7. The van der Waals surface area contributed by atoms with Crippen LogP contribution in [-0.2, 0) is 0 Å². The number of carbonyl (C=O) groups excluding carboxylic acids is 1. The minimum absolute atomic E-state index is 0. The van der Waals surface area contributed by atoms with Crippen molar-refractivity contribution in [3.05, 3.63) is 46.3 Å². The molecular formula is C18H23ClN2O3. The van der Waals surface area contributed by atoms with Crippen molar-refractivity contribution in [2.75, 3.05) is 6.54 Å². The Balaban J connectivity index is 0.00000208. The van der Waals surface area contributed by atoms with E-state index in [0.717, 1.165) is 18.8 Å². The molecule has 130 valence electrons. The Labute approximate surface area is 147 Å². The molecule has 6 heteroatoms.